The van der Waals surface area contributed by atoms with Crippen LogP contribution in [0.15, 0.2) is 60.7 Å². The second-order valence-corrected chi connectivity index (χ2v) is 8.10. The molecule has 0 unspecified atom stereocenters. The molecule has 2 heterocycles. The highest BCUT2D eigenvalue weighted by Crippen LogP contribution is 2.30. The third kappa shape index (κ3) is 3.59. The van der Waals surface area contributed by atoms with Gasteiger partial charge in [-0.15, -0.1) is 11.3 Å². The minimum atomic E-state index is -0.178. The Balaban J connectivity index is 1.79. The summed E-state index contributed by atoms with van der Waals surface area (Å²) in [7, 11) is 0. The summed E-state index contributed by atoms with van der Waals surface area (Å²) in [6.45, 7) is 3.99. The molecule has 2 aromatic heterocycles. The number of halogens is 1. The van der Waals surface area contributed by atoms with Crippen LogP contribution in [0.3, 0.4) is 0 Å². The van der Waals surface area contributed by atoms with E-state index in [0.29, 0.717) is 16.3 Å². The number of amides is 1. The zero-order chi connectivity index (χ0) is 19.0. The van der Waals surface area contributed by atoms with Crippen molar-refractivity contribution in [2.75, 3.05) is 5.32 Å². The van der Waals surface area contributed by atoms with Gasteiger partial charge < -0.3 is 5.32 Å². The molecule has 0 saturated heterocycles. The van der Waals surface area contributed by atoms with Crippen molar-refractivity contribution in [1.29, 1.82) is 0 Å². The first kappa shape index (κ1) is 17.7. The molecule has 0 spiro atoms. The third-order valence-electron chi connectivity index (χ3n) is 4.38. The monoisotopic (exact) mass is 392 g/mol. The summed E-state index contributed by atoms with van der Waals surface area (Å²) in [6.07, 6.45) is 0. The number of pyridine rings is 1. The number of carbonyl (C=O) groups is 1. The summed E-state index contributed by atoms with van der Waals surface area (Å²) in [5.74, 6) is -0.178. The molecule has 5 heteroatoms. The fraction of sp³-hybridized carbons (Fsp3) is 0.0909. The number of aromatic nitrogens is 1. The van der Waals surface area contributed by atoms with Crippen molar-refractivity contribution < 1.29 is 4.79 Å². The second-order valence-electron chi connectivity index (χ2n) is 6.40. The number of nitrogens with one attached hydrogen (secondary N) is 1. The molecule has 27 heavy (non-hydrogen) atoms. The van der Waals surface area contributed by atoms with E-state index in [0.717, 1.165) is 27.0 Å². The smallest absolute Gasteiger partial charge is 0.256 e. The summed E-state index contributed by atoms with van der Waals surface area (Å²) >= 11 is 7.85. The van der Waals surface area contributed by atoms with Gasteiger partial charge in [0, 0.05) is 21.0 Å². The van der Waals surface area contributed by atoms with Crippen molar-refractivity contribution in [3.63, 3.8) is 0 Å². The number of thiophene rings is 1. The van der Waals surface area contributed by atoms with Crippen LogP contribution in [0.4, 0.5) is 5.69 Å². The molecule has 0 atom stereocenters. The number of rotatable bonds is 3. The lowest BCUT2D eigenvalue weighted by Gasteiger charge is -2.11. The highest BCUT2D eigenvalue weighted by atomic mass is 35.5. The molecule has 0 aliphatic carbocycles. The van der Waals surface area contributed by atoms with Crippen LogP contribution in [0.1, 0.15) is 20.8 Å². The maximum Gasteiger partial charge on any atom is 0.256 e. The number of carbonyl (C=O) groups excluding carboxylic acids is 1. The average molecular weight is 393 g/mol. The van der Waals surface area contributed by atoms with Crippen LogP contribution in [0, 0.1) is 13.8 Å². The molecule has 1 amide bonds. The fourth-order valence-corrected chi connectivity index (χ4v) is 3.94. The molecular formula is C22H17ClN2OS. The molecule has 2 aromatic carbocycles. The van der Waals surface area contributed by atoms with E-state index in [1.807, 2.05) is 55.5 Å². The van der Waals surface area contributed by atoms with Crippen molar-refractivity contribution in [1.82, 2.24) is 4.98 Å². The van der Waals surface area contributed by atoms with Gasteiger partial charge in [-0.1, -0.05) is 35.9 Å². The van der Waals surface area contributed by atoms with Crippen molar-refractivity contribution >= 4 is 45.4 Å². The molecule has 3 nitrogen and oxygen atoms in total. The number of hydrogen-bond acceptors (Lipinski definition) is 3. The maximum absolute atomic E-state index is 13.0. The topological polar surface area (TPSA) is 42.0 Å². The fourth-order valence-electron chi connectivity index (χ4n) is 2.93. The molecule has 0 radical (unpaired) electrons. The van der Waals surface area contributed by atoms with Crippen LogP contribution in [0.5, 0.6) is 0 Å². The Morgan fingerprint density at radius 1 is 1.04 bits per heavy atom. The third-order valence-corrected chi connectivity index (χ3v) is 5.81. The quantitative estimate of drug-likeness (QED) is 0.433. The van der Waals surface area contributed by atoms with Gasteiger partial charge in [-0.25, -0.2) is 4.98 Å². The predicted molar refractivity (Wildman–Crippen MR) is 114 cm³/mol. The van der Waals surface area contributed by atoms with Crippen molar-refractivity contribution in [2.45, 2.75) is 13.8 Å². The Hall–Kier alpha value is -2.69. The van der Waals surface area contributed by atoms with Gasteiger partial charge in [0.1, 0.15) is 0 Å². The number of hydrogen-bond donors (Lipinski definition) is 1. The van der Waals surface area contributed by atoms with E-state index in [-0.39, 0.29) is 5.91 Å². The van der Waals surface area contributed by atoms with E-state index in [1.165, 1.54) is 4.88 Å². The molecule has 4 rings (SSSR count). The summed E-state index contributed by atoms with van der Waals surface area (Å²) in [6, 6.07) is 19.2. The van der Waals surface area contributed by atoms with Crippen LogP contribution >= 0.6 is 22.9 Å². The van der Waals surface area contributed by atoms with E-state index in [4.69, 9.17) is 16.6 Å². The SMILES string of the molecule is Cc1ccc(-c2cc(C(=O)Nc3ccc(C)c(Cl)c3)c3ccccc3n2)s1. The van der Waals surface area contributed by atoms with E-state index in [2.05, 4.69) is 18.3 Å². The Bertz CT molecular complexity index is 1170. The molecule has 0 saturated carbocycles. The van der Waals surface area contributed by atoms with Crippen LogP contribution in [0.25, 0.3) is 21.5 Å². The molecule has 4 aromatic rings. The van der Waals surface area contributed by atoms with Crippen molar-refractivity contribution in [2.24, 2.45) is 0 Å². The molecular weight excluding hydrogens is 376 g/mol. The molecule has 1 N–H and O–H groups in total. The van der Waals surface area contributed by atoms with Gasteiger partial charge >= 0.3 is 0 Å². The van der Waals surface area contributed by atoms with Crippen LogP contribution in [-0.2, 0) is 0 Å². The zero-order valence-electron chi connectivity index (χ0n) is 14.9. The van der Waals surface area contributed by atoms with E-state index < -0.39 is 0 Å². The Labute approximate surface area is 166 Å². The number of aryl methyl sites for hydroxylation is 2. The Kier molecular flexibility index (Phi) is 4.68. The van der Waals surface area contributed by atoms with Crippen LogP contribution in [0.2, 0.25) is 5.02 Å². The highest BCUT2D eigenvalue weighted by molar-refractivity contribution is 7.15. The predicted octanol–water partition coefficient (Wildman–Crippen LogP) is 6.49. The number of nitrogens with zero attached hydrogens (tertiary/aromatic N) is 1. The summed E-state index contributed by atoms with van der Waals surface area (Å²) in [4.78, 5) is 20.0. The molecule has 0 bridgehead atoms. The van der Waals surface area contributed by atoms with Gasteiger partial charge in [-0.2, -0.15) is 0 Å². The summed E-state index contributed by atoms with van der Waals surface area (Å²) in [5.41, 5.74) is 3.84. The minimum absolute atomic E-state index is 0.178. The lowest BCUT2D eigenvalue weighted by Crippen LogP contribution is -2.13. The first-order chi connectivity index (χ1) is 13.0. The second kappa shape index (κ2) is 7.14. The first-order valence-electron chi connectivity index (χ1n) is 8.55. The normalized spacial score (nSPS) is 10.9. The number of fused-ring (bicyclic) bond motifs is 1. The number of anilines is 1. The van der Waals surface area contributed by atoms with Crippen molar-refractivity contribution in [3.8, 4) is 10.6 Å². The van der Waals surface area contributed by atoms with Gasteiger partial charge in [0.05, 0.1) is 21.7 Å². The number of benzene rings is 2. The van der Waals surface area contributed by atoms with Gasteiger partial charge in [0.25, 0.3) is 5.91 Å². The zero-order valence-corrected chi connectivity index (χ0v) is 16.5. The lowest BCUT2D eigenvalue weighted by atomic mass is 10.1. The number of para-hydroxylation sites is 1. The Morgan fingerprint density at radius 2 is 1.85 bits per heavy atom. The minimum Gasteiger partial charge on any atom is -0.322 e. The Morgan fingerprint density at radius 3 is 2.59 bits per heavy atom. The maximum atomic E-state index is 13.0. The van der Waals surface area contributed by atoms with Crippen LogP contribution in [-0.4, -0.2) is 10.9 Å². The standard InChI is InChI=1S/C22H17ClN2OS/c1-13-7-9-15(11-18(13)23)24-22(26)17-12-20(21-10-8-14(2)27-21)25-19-6-4-3-5-16(17)19/h3-12H,1-2H3,(H,24,26). The first-order valence-corrected chi connectivity index (χ1v) is 9.75. The average Bonchev–Trinajstić information content (AvgIpc) is 3.10. The molecule has 0 fully saturated rings. The van der Waals surface area contributed by atoms with Crippen molar-refractivity contribution in [3.05, 3.63) is 81.7 Å². The van der Waals surface area contributed by atoms with Gasteiger partial charge in [0.2, 0.25) is 0 Å². The van der Waals surface area contributed by atoms with E-state index in [1.54, 1.807) is 17.4 Å². The summed E-state index contributed by atoms with van der Waals surface area (Å²) in [5, 5.41) is 4.41. The molecule has 134 valence electrons. The van der Waals surface area contributed by atoms with Gasteiger partial charge in [-0.3, -0.25) is 4.79 Å². The van der Waals surface area contributed by atoms with E-state index in [9.17, 15) is 4.79 Å². The summed E-state index contributed by atoms with van der Waals surface area (Å²) < 4.78 is 0. The van der Waals surface area contributed by atoms with Gasteiger partial charge in [-0.05, 0) is 55.8 Å². The molecule has 0 aliphatic rings. The molecule has 0 aliphatic heterocycles. The highest BCUT2D eigenvalue weighted by Gasteiger charge is 2.15. The lowest BCUT2D eigenvalue weighted by molar-refractivity contribution is 0.102. The van der Waals surface area contributed by atoms with Crippen LogP contribution < -0.4 is 5.32 Å². The van der Waals surface area contributed by atoms with Gasteiger partial charge in [0.15, 0.2) is 0 Å². The largest absolute Gasteiger partial charge is 0.322 e. The van der Waals surface area contributed by atoms with E-state index >= 15 is 0 Å².